The minimum absolute atomic E-state index is 0.254. The molecule has 5 rings (SSSR count). The van der Waals surface area contributed by atoms with Gasteiger partial charge in [0.25, 0.3) is 0 Å². The molecule has 0 atom stereocenters. The van der Waals surface area contributed by atoms with Gasteiger partial charge in [-0.15, -0.1) is 0 Å². The highest BCUT2D eigenvalue weighted by molar-refractivity contribution is 5.86. The van der Waals surface area contributed by atoms with Gasteiger partial charge in [0.1, 0.15) is 18.1 Å². The van der Waals surface area contributed by atoms with Crippen LogP contribution in [0.2, 0.25) is 0 Å². The van der Waals surface area contributed by atoms with E-state index in [9.17, 15) is 18.0 Å². The number of alkyl halides is 3. The minimum Gasteiger partial charge on any atom is -0.478 e. The third kappa shape index (κ3) is 3.19. The first-order valence-corrected chi connectivity index (χ1v) is 9.52. The summed E-state index contributed by atoms with van der Waals surface area (Å²) in [5, 5.41) is 0.931. The lowest BCUT2D eigenvalue weighted by molar-refractivity contribution is -0.137. The second kappa shape index (κ2) is 6.62. The quantitative estimate of drug-likeness (QED) is 0.586. The summed E-state index contributed by atoms with van der Waals surface area (Å²) in [6.07, 6.45) is -1.84. The molecule has 0 unspecified atom stereocenters. The molecule has 0 amide bonds. The van der Waals surface area contributed by atoms with E-state index in [1.807, 2.05) is 17.0 Å². The third-order valence-corrected chi connectivity index (χ3v) is 5.65. The fraction of sp³-hybridized carbons (Fsp3) is 0.318. The summed E-state index contributed by atoms with van der Waals surface area (Å²) in [6, 6.07) is 9.12. The fourth-order valence-corrected chi connectivity index (χ4v) is 4.31. The van der Waals surface area contributed by atoms with E-state index in [1.54, 1.807) is 6.07 Å². The normalized spacial score (nSPS) is 16.5. The summed E-state index contributed by atoms with van der Waals surface area (Å²) in [7, 11) is 0. The van der Waals surface area contributed by atoms with Crippen LogP contribution in [0.1, 0.15) is 34.2 Å². The van der Waals surface area contributed by atoms with Crippen LogP contribution in [0.15, 0.2) is 45.6 Å². The van der Waals surface area contributed by atoms with Crippen molar-refractivity contribution in [3.05, 3.63) is 74.6 Å². The number of hydrogen-bond acceptors (Lipinski definition) is 4. The van der Waals surface area contributed by atoms with Gasteiger partial charge in [-0.3, -0.25) is 4.90 Å². The minimum atomic E-state index is -4.37. The van der Waals surface area contributed by atoms with Crippen LogP contribution in [-0.2, 0) is 32.1 Å². The lowest BCUT2D eigenvalue weighted by atomic mass is 10.0. The first-order chi connectivity index (χ1) is 13.9. The summed E-state index contributed by atoms with van der Waals surface area (Å²) in [4.78, 5) is 14.3. The Morgan fingerprint density at radius 1 is 1.03 bits per heavy atom. The highest BCUT2D eigenvalue weighted by Crippen LogP contribution is 2.36. The molecule has 0 bridgehead atoms. The number of fused-ring (bicyclic) bond motifs is 5. The number of aryl methyl sites for hydroxylation is 1. The second-order valence-electron chi connectivity index (χ2n) is 7.58. The van der Waals surface area contributed by atoms with E-state index in [1.165, 1.54) is 6.07 Å². The van der Waals surface area contributed by atoms with Gasteiger partial charge in [-0.25, -0.2) is 4.79 Å². The Kier molecular flexibility index (Phi) is 4.17. The summed E-state index contributed by atoms with van der Waals surface area (Å²) >= 11 is 0. The SMILES string of the molecule is O=c1oc2c3c(ccc2c2c1CCC2)OCN(Cc1cccc(C(F)(F)F)c1)C3. The summed E-state index contributed by atoms with van der Waals surface area (Å²) in [5.41, 5.74) is 2.70. The summed E-state index contributed by atoms with van der Waals surface area (Å²) in [6.45, 7) is 0.990. The van der Waals surface area contributed by atoms with E-state index in [0.29, 0.717) is 30.0 Å². The van der Waals surface area contributed by atoms with Gasteiger partial charge in [0.15, 0.2) is 0 Å². The van der Waals surface area contributed by atoms with Crippen molar-refractivity contribution in [3.8, 4) is 5.75 Å². The Balaban J connectivity index is 1.49. The van der Waals surface area contributed by atoms with Crippen molar-refractivity contribution in [1.82, 2.24) is 4.90 Å². The molecule has 0 spiro atoms. The van der Waals surface area contributed by atoms with Gasteiger partial charge in [0, 0.05) is 24.0 Å². The van der Waals surface area contributed by atoms with Crippen molar-refractivity contribution in [1.29, 1.82) is 0 Å². The van der Waals surface area contributed by atoms with E-state index >= 15 is 0 Å². The zero-order valence-electron chi connectivity index (χ0n) is 15.5. The highest BCUT2D eigenvalue weighted by atomic mass is 19.4. The topological polar surface area (TPSA) is 42.7 Å². The molecule has 2 aliphatic rings. The van der Waals surface area contributed by atoms with Crippen molar-refractivity contribution in [2.24, 2.45) is 0 Å². The number of nitrogens with zero attached hydrogens (tertiary/aromatic N) is 1. The summed E-state index contributed by atoms with van der Waals surface area (Å²) in [5.74, 6) is 0.652. The Morgan fingerprint density at radius 3 is 2.69 bits per heavy atom. The third-order valence-electron chi connectivity index (χ3n) is 5.65. The monoisotopic (exact) mass is 401 g/mol. The smallest absolute Gasteiger partial charge is 0.416 e. The fourth-order valence-electron chi connectivity index (χ4n) is 4.31. The molecule has 1 aliphatic carbocycles. The van der Waals surface area contributed by atoms with Crippen LogP contribution < -0.4 is 10.4 Å². The molecule has 1 aromatic heterocycles. The van der Waals surface area contributed by atoms with Gasteiger partial charge < -0.3 is 9.15 Å². The van der Waals surface area contributed by atoms with Gasteiger partial charge in [0.2, 0.25) is 0 Å². The Labute approximate surface area is 164 Å². The van der Waals surface area contributed by atoms with Crippen LogP contribution >= 0.6 is 0 Å². The zero-order chi connectivity index (χ0) is 20.2. The van der Waals surface area contributed by atoms with Crippen molar-refractivity contribution in [2.75, 3.05) is 6.73 Å². The van der Waals surface area contributed by atoms with Crippen molar-refractivity contribution in [3.63, 3.8) is 0 Å². The molecule has 0 fully saturated rings. The van der Waals surface area contributed by atoms with Crippen LogP contribution in [0.25, 0.3) is 11.0 Å². The lowest BCUT2D eigenvalue weighted by Gasteiger charge is -2.29. The molecule has 2 aromatic carbocycles. The molecular weight excluding hydrogens is 383 g/mol. The van der Waals surface area contributed by atoms with E-state index in [-0.39, 0.29) is 12.4 Å². The van der Waals surface area contributed by atoms with Crippen molar-refractivity contribution >= 4 is 11.0 Å². The maximum absolute atomic E-state index is 13.0. The Morgan fingerprint density at radius 2 is 1.86 bits per heavy atom. The molecule has 0 radical (unpaired) electrons. The Bertz CT molecular complexity index is 1170. The molecule has 150 valence electrons. The average Bonchev–Trinajstić information content (AvgIpc) is 3.18. The number of hydrogen-bond donors (Lipinski definition) is 0. The van der Waals surface area contributed by atoms with Crippen LogP contribution in [0, 0.1) is 0 Å². The average molecular weight is 401 g/mol. The van der Waals surface area contributed by atoms with Gasteiger partial charge in [-0.05, 0) is 48.6 Å². The van der Waals surface area contributed by atoms with E-state index in [0.717, 1.165) is 53.5 Å². The molecule has 3 aromatic rings. The molecule has 29 heavy (non-hydrogen) atoms. The molecular formula is C22H18F3NO3. The van der Waals surface area contributed by atoms with E-state index < -0.39 is 11.7 Å². The van der Waals surface area contributed by atoms with E-state index in [4.69, 9.17) is 9.15 Å². The van der Waals surface area contributed by atoms with E-state index in [2.05, 4.69) is 0 Å². The van der Waals surface area contributed by atoms with Crippen LogP contribution in [0.5, 0.6) is 5.75 Å². The molecule has 0 N–H and O–H groups in total. The van der Waals surface area contributed by atoms with Crippen molar-refractivity contribution in [2.45, 2.75) is 38.5 Å². The standard InChI is InChI=1S/C22H18F3NO3/c23-22(24,25)14-4-1-3-13(9-14)10-26-11-18-19(28-12-26)8-7-16-15-5-2-6-17(15)21(27)29-20(16)18/h1,3-4,7-9H,2,5-6,10-12H2. The first kappa shape index (κ1) is 18.2. The number of rotatable bonds is 2. The molecule has 4 nitrogen and oxygen atoms in total. The molecule has 1 aliphatic heterocycles. The number of halogens is 3. The van der Waals surface area contributed by atoms with Crippen LogP contribution in [0.4, 0.5) is 13.2 Å². The van der Waals surface area contributed by atoms with Crippen LogP contribution in [-0.4, -0.2) is 11.6 Å². The Hall–Kier alpha value is -2.80. The molecule has 0 saturated carbocycles. The maximum Gasteiger partial charge on any atom is 0.416 e. The highest BCUT2D eigenvalue weighted by Gasteiger charge is 2.31. The van der Waals surface area contributed by atoms with Gasteiger partial charge in [-0.2, -0.15) is 13.2 Å². The lowest BCUT2D eigenvalue weighted by Crippen LogP contribution is -2.31. The molecule has 7 heteroatoms. The zero-order valence-corrected chi connectivity index (χ0v) is 15.5. The second-order valence-corrected chi connectivity index (χ2v) is 7.58. The van der Waals surface area contributed by atoms with Gasteiger partial charge >= 0.3 is 11.8 Å². The number of benzene rings is 2. The van der Waals surface area contributed by atoms with Crippen LogP contribution in [0.3, 0.4) is 0 Å². The van der Waals surface area contributed by atoms with Crippen molar-refractivity contribution < 1.29 is 22.3 Å². The largest absolute Gasteiger partial charge is 0.478 e. The predicted octanol–water partition coefficient (Wildman–Crippen LogP) is 4.65. The maximum atomic E-state index is 13.0. The summed E-state index contributed by atoms with van der Waals surface area (Å²) < 4.78 is 50.4. The number of ether oxygens (including phenoxy) is 1. The molecule has 0 saturated heterocycles. The first-order valence-electron chi connectivity index (χ1n) is 9.52. The van der Waals surface area contributed by atoms with Gasteiger partial charge in [0.05, 0.1) is 11.1 Å². The van der Waals surface area contributed by atoms with Gasteiger partial charge in [-0.1, -0.05) is 18.2 Å². The molecule has 2 heterocycles. The predicted molar refractivity (Wildman–Crippen MR) is 101 cm³/mol.